The van der Waals surface area contributed by atoms with Crippen molar-refractivity contribution < 1.29 is 22.4 Å². The number of benzene rings is 2. The zero-order valence-electron chi connectivity index (χ0n) is 15.1. The van der Waals surface area contributed by atoms with Crippen molar-refractivity contribution in [1.29, 1.82) is 0 Å². The smallest absolute Gasteiger partial charge is 0.314 e. The van der Waals surface area contributed by atoms with Gasteiger partial charge in [-0.3, -0.25) is 4.79 Å². The third-order valence-electron chi connectivity index (χ3n) is 4.04. The standard InChI is InChI=1S/C19H17F3N4O2/c1-25(2)15-8-7-14(20)9-16(15)26(11-27)10-12-3-5-13(6-4-12)18-23-24-19(28-18)17(21)22/h3-9,11,17H,10H2,1-2H3. The maximum absolute atomic E-state index is 13.7. The molecule has 1 heterocycles. The Morgan fingerprint density at radius 3 is 2.36 bits per heavy atom. The van der Waals surface area contributed by atoms with Crippen LogP contribution in [0.5, 0.6) is 0 Å². The third kappa shape index (κ3) is 4.13. The molecule has 146 valence electrons. The zero-order valence-corrected chi connectivity index (χ0v) is 15.1. The van der Waals surface area contributed by atoms with Crippen molar-refractivity contribution in [2.45, 2.75) is 13.0 Å². The molecule has 0 fully saturated rings. The average molecular weight is 390 g/mol. The van der Waals surface area contributed by atoms with E-state index in [4.69, 9.17) is 4.42 Å². The first-order valence-corrected chi connectivity index (χ1v) is 8.28. The second-order valence-corrected chi connectivity index (χ2v) is 6.20. The largest absolute Gasteiger partial charge is 0.415 e. The summed E-state index contributed by atoms with van der Waals surface area (Å²) in [5, 5.41) is 6.88. The first-order chi connectivity index (χ1) is 13.4. The molecule has 0 bridgehead atoms. The van der Waals surface area contributed by atoms with Gasteiger partial charge in [0.1, 0.15) is 5.82 Å². The molecule has 6 nitrogen and oxygen atoms in total. The normalized spacial score (nSPS) is 10.9. The molecule has 0 saturated carbocycles. The molecule has 0 spiro atoms. The monoisotopic (exact) mass is 390 g/mol. The lowest BCUT2D eigenvalue weighted by Crippen LogP contribution is -2.23. The van der Waals surface area contributed by atoms with Crippen LogP contribution >= 0.6 is 0 Å². The maximum atomic E-state index is 13.7. The molecule has 0 atom stereocenters. The van der Waals surface area contributed by atoms with Gasteiger partial charge in [-0.15, -0.1) is 10.2 Å². The van der Waals surface area contributed by atoms with Crippen LogP contribution in [0.25, 0.3) is 11.5 Å². The Bertz CT molecular complexity index is 958. The Hall–Kier alpha value is -3.36. The Morgan fingerprint density at radius 1 is 1.07 bits per heavy atom. The second kappa shape index (κ2) is 8.12. The van der Waals surface area contributed by atoms with E-state index in [1.807, 2.05) is 0 Å². The van der Waals surface area contributed by atoms with E-state index in [0.29, 0.717) is 23.3 Å². The van der Waals surface area contributed by atoms with Gasteiger partial charge in [0.2, 0.25) is 12.3 Å². The van der Waals surface area contributed by atoms with E-state index in [1.54, 1.807) is 49.3 Å². The number of aromatic nitrogens is 2. The molecule has 9 heteroatoms. The van der Waals surface area contributed by atoms with E-state index < -0.39 is 18.1 Å². The Kier molecular flexibility index (Phi) is 5.62. The van der Waals surface area contributed by atoms with Crippen molar-refractivity contribution in [1.82, 2.24) is 10.2 Å². The van der Waals surface area contributed by atoms with Crippen LogP contribution in [-0.2, 0) is 11.3 Å². The van der Waals surface area contributed by atoms with E-state index in [9.17, 15) is 18.0 Å². The summed E-state index contributed by atoms with van der Waals surface area (Å²) in [5.74, 6) is -1.21. The van der Waals surface area contributed by atoms with Gasteiger partial charge in [-0.05, 0) is 35.9 Å². The van der Waals surface area contributed by atoms with E-state index >= 15 is 0 Å². The molecule has 0 unspecified atom stereocenters. The Balaban J connectivity index is 1.82. The number of hydrogen-bond acceptors (Lipinski definition) is 5. The number of carbonyl (C=O) groups excluding carboxylic acids is 1. The lowest BCUT2D eigenvalue weighted by Gasteiger charge is -2.24. The zero-order chi connectivity index (χ0) is 20.3. The predicted octanol–water partition coefficient (Wildman–Crippen LogP) is 4.04. The van der Waals surface area contributed by atoms with Crippen LogP contribution in [0.2, 0.25) is 0 Å². The van der Waals surface area contributed by atoms with Crippen molar-refractivity contribution in [2.24, 2.45) is 0 Å². The highest BCUT2D eigenvalue weighted by atomic mass is 19.3. The van der Waals surface area contributed by atoms with Crippen LogP contribution in [-0.4, -0.2) is 30.7 Å². The van der Waals surface area contributed by atoms with E-state index in [-0.39, 0.29) is 12.4 Å². The van der Waals surface area contributed by atoms with Crippen molar-refractivity contribution in [3.05, 3.63) is 59.7 Å². The molecule has 1 amide bonds. The number of amides is 1. The minimum atomic E-state index is -2.83. The summed E-state index contributed by atoms with van der Waals surface area (Å²) in [6, 6.07) is 10.9. The maximum Gasteiger partial charge on any atom is 0.314 e. The van der Waals surface area contributed by atoms with Gasteiger partial charge in [-0.1, -0.05) is 12.1 Å². The first kappa shape index (κ1) is 19.4. The quantitative estimate of drug-likeness (QED) is 0.570. The Morgan fingerprint density at radius 2 is 1.79 bits per heavy atom. The van der Waals surface area contributed by atoms with Gasteiger partial charge in [0.05, 0.1) is 17.9 Å². The molecule has 3 rings (SSSR count). The molecule has 28 heavy (non-hydrogen) atoms. The highest BCUT2D eigenvalue weighted by Gasteiger charge is 2.17. The summed E-state index contributed by atoms with van der Waals surface area (Å²) in [5.41, 5.74) is 2.34. The molecule has 1 aromatic heterocycles. The fourth-order valence-electron chi connectivity index (χ4n) is 2.67. The van der Waals surface area contributed by atoms with Crippen LogP contribution < -0.4 is 9.80 Å². The van der Waals surface area contributed by atoms with Gasteiger partial charge in [0, 0.05) is 19.7 Å². The third-order valence-corrected chi connectivity index (χ3v) is 4.04. The lowest BCUT2D eigenvalue weighted by atomic mass is 10.1. The highest BCUT2D eigenvalue weighted by Crippen LogP contribution is 2.30. The number of halogens is 3. The second-order valence-electron chi connectivity index (χ2n) is 6.20. The van der Waals surface area contributed by atoms with E-state index in [1.165, 1.54) is 17.0 Å². The first-order valence-electron chi connectivity index (χ1n) is 8.28. The van der Waals surface area contributed by atoms with Gasteiger partial charge < -0.3 is 14.2 Å². The van der Waals surface area contributed by atoms with Gasteiger partial charge in [-0.25, -0.2) is 4.39 Å². The lowest BCUT2D eigenvalue weighted by molar-refractivity contribution is -0.107. The topological polar surface area (TPSA) is 62.5 Å². The number of anilines is 2. The highest BCUT2D eigenvalue weighted by molar-refractivity contribution is 5.83. The van der Waals surface area contributed by atoms with Crippen molar-refractivity contribution in [3.8, 4) is 11.5 Å². The number of rotatable bonds is 7. The molecular formula is C19H17F3N4O2. The summed E-state index contributed by atoms with van der Waals surface area (Å²) in [6.45, 7) is 0.195. The molecular weight excluding hydrogens is 373 g/mol. The van der Waals surface area contributed by atoms with E-state index in [0.717, 1.165) is 5.56 Å². The van der Waals surface area contributed by atoms with Crippen LogP contribution in [0.1, 0.15) is 17.9 Å². The predicted molar refractivity (Wildman–Crippen MR) is 97.7 cm³/mol. The average Bonchev–Trinajstić information content (AvgIpc) is 3.17. The van der Waals surface area contributed by atoms with Crippen molar-refractivity contribution in [2.75, 3.05) is 23.9 Å². The van der Waals surface area contributed by atoms with Gasteiger partial charge >= 0.3 is 6.43 Å². The number of hydrogen-bond donors (Lipinski definition) is 0. The molecule has 0 aliphatic carbocycles. The van der Waals surface area contributed by atoms with Crippen LogP contribution in [0.3, 0.4) is 0 Å². The molecule has 0 aliphatic rings. The Labute approximate surface area is 159 Å². The van der Waals surface area contributed by atoms with Gasteiger partial charge in [0.25, 0.3) is 5.89 Å². The fourth-order valence-corrected chi connectivity index (χ4v) is 2.67. The van der Waals surface area contributed by atoms with Crippen LogP contribution in [0, 0.1) is 5.82 Å². The SMILES string of the molecule is CN(C)c1ccc(F)cc1N(C=O)Cc1ccc(-c2nnc(C(F)F)o2)cc1. The van der Waals surface area contributed by atoms with E-state index in [2.05, 4.69) is 10.2 Å². The molecule has 0 radical (unpaired) electrons. The molecule has 2 aromatic carbocycles. The summed E-state index contributed by atoms with van der Waals surface area (Å²) >= 11 is 0. The minimum absolute atomic E-state index is 0.0193. The van der Waals surface area contributed by atoms with Gasteiger partial charge in [-0.2, -0.15) is 8.78 Å². The number of alkyl halides is 2. The fraction of sp³-hybridized carbons (Fsp3) is 0.211. The van der Waals surface area contributed by atoms with Crippen molar-refractivity contribution in [3.63, 3.8) is 0 Å². The molecule has 0 aliphatic heterocycles. The van der Waals surface area contributed by atoms with Crippen LogP contribution in [0.4, 0.5) is 24.5 Å². The van der Waals surface area contributed by atoms with Gasteiger partial charge in [0.15, 0.2) is 0 Å². The van der Waals surface area contributed by atoms with Crippen molar-refractivity contribution >= 4 is 17.8 Å². The summed E-state index contributed by atoms with van der Waals surface area (Å²) < 4.78 is 43.7. The molecule has 0 N–H and O–H groups in total. The van der Waals surface area contributed by atoms with Crippen LogP contribution in [0.15, 0.2) is 46.9 Å². The number of nitrogens with zero attached hydrogens (tertiary/aromatic N) is 4. The molecule has 0 saturated heterocycles. The summed E-state index contributed by atoms with van der Waals surface area (Å²) in [6.07, 6.45) is -2.21. The number of carbonyl (C=O) groups is 1. The minimum Gasteiger partial charge on any atom is -0.415 e. The summed E-state index contributed by atoms with van der Waals surface area (Å²) in [4.78, 5) is 14.8. The molecule has 3 aromatic rings. The summed E-state index contributed by atoms with van der Waals surface area (Å²) in [7, 11) is 3.60.